The molecule has 1 saturated heterocycles. The standard InChI is InChI=1S/C24H29N3O4S/c1-16(28)17-7-9-18(10-8-17)27-13-11-26(12-14-27)15-21(29)25-23-22(24(30)31-2)19-5-3-4-6-20(19)32-23/h7-10H,3-6,11-15H2,1-2H3,(H,25,29). The Morgan fingerprint density at radius 3 is 2.38 bits per heavy atom. The Bertz CT molecular complexity index is 1010. The summed E-state index contributed by atoms with van der Waals surface area (Å²) < 4.78 is 4.99. The number of anilines is 2. The first-order valence-electron chi connectivity index (χ1n) is 11.1. The lowest BCUT2D eigenvalue weighted by Crippen LogP contribution is -2.48. The summed E-state index contributed by atoms with van der Waals surface area (Å²) >= 11 is 1.51. The van der Waals surface area contributed by atoms with E-state index >= 15 is 0 Å². The smallest absolute Gasteiger partial charge is 0.341 e. The molecule has 1 aliphatic carbocycles. The number of fused-ring (bicyclic) bond motifs is 1. The highest BCUT2D eigenvalue weighted by atomic mass is 32.1. The van der Waals surface area contributed by atoms with Crippen LogP contribution < -0.4 is 10.2 Å². The maximum atomic E-state index is 12.8. The Labute approximate surface area is 192 Å². The molecule has 1 amide bonds. The summed E-state index contributed by atoms with van der Waals surface area (Å²) in [6, 6.07) is 7.67. The number of nitrogens with zero attached hydrogens (tertiary/aromatic N) is 2. The number of hydrogen-bond donors (Lipinski definition) is 1. The van der Waals surface area contributed by atoms with Crippen molar-refractivity contribution in [2.24, 2.45) is 0 Å². The van der Waals surface area contributed by atoms with Gasteiger partial charge in [0.25, 0.3) is 0 Å². The number of amides is 1. The number of ether oxygens (including phenoxy) is 1. The van der Waals surface area contributed by atoms with E-state index in [4.69, 9.17) is 4.74 Å². The molecular formula is C24H29N3O4S. The van der Waals surface area contributed by atoms with Gasteiger partial charge in [0, 0.05) is 42.3 Å². The van der Waals surface area contributed by atoms with Crippen LogP contribution in [0.1, 0.15) is 50.9 Å². The zero-order chi connectivity index (χ0) is 22.7. The van der Waals surface area contributed by atoms with Gasteiger partial charge in [-0.05, 0) is 62.4 Å². The number of carbonyl (C=O) groups is 3. The molecule has 0 bridgehead atoms. The molecule has 1 N–H and O–H groups in total. The zero-order valence-electron chi connectivity index (χ0n) is 18.6. The summed E-state index contributed by atoms with van der Waals surface area (Å²) in [5.41, 5.74) is 3.39. The van der Waals surface area contributed by atoms with Crippen LogP contribution in [0.2, 0.25) is 0 Å². The van der Waals surface area contributed by atoms with Crippen LogP contribution in [0.25, 0.3) is 0 Å². The van der Waals surface area contributed by atoms with Crippen LogP contribution in [0, 0.1) is 0 Å². The predicted molar refractivity (Wildman–Crippen MR) is 126 cm³/mol. The summed E-state index contributed by atoms with van der Waals surface area (Å²) in [6.07, 6.45) is 3.99. The van der Waals surface area contributed by atoms with Gasteiger partial charge in [-0.25, -0.2) is 4.79 Å². The number of hydrogen-bond acceptors (Lipinski definition) is 7. The van der Waals surface area contributed by atoms with E-state index in [-0.39, 0.29) is 17.7 Å². The molecule has 8 heteroatoms. The maximum Gasteiger partial charge on any atom is 0.341 e. The molecule has 0 atom stereocenters. The highest BCUT2D eigenvalue weighted by Crippen LogP contribution is 2.38. The first-order valence-corrected chi connectivity index (χ1v) is 11.9. The monoisotopic (exact) mass is 455 g/mol. The van der Waals surface area contributed by atoms with E-state index in [0.29, 0.717) is 22.7 Å². The molecule has 0 saturated carbocycles. The van der Waals surface area contributed by atoms with E-state index in [1.54, 1.807) is 6.92 Å². The fourth-order valence-corrected chi connectivity index (χ4v) is 5.71. The van der Waals surface area contributed by atoms with Crippen LogP contribution in [0.5, 0.6) is 0 Å². The van der Waals surface area contributed by atoms with Gasteiger partial charge in [0.05, 0.1) is 19.2 Å². The highest BCUT2D eigenvalue weighted by molar-refractivity contribution is 7.17. The number of rotatable bonds is 6. The SMILES string of the molecule is COC(=O)c1c(NC(=O)CN2CCN(c3ccc(C(C)=O)cc3)CC2)sc2c1CCCC2. The van der Waals surface area contributed by atoms with Gasteiger partial charge in [0.15, 0.2) is 5.78 Å². The Balaban J connectivity index is 1.34. The third-order valence-electron chi connectivity index (χ3n) is 6.19. The van der Waals surface area contributed by atoms with E-state index in [9.17, 15) is 14.4 Å². The quantitative estimate of drug-likeness (QED) is 0.532. The van der Waals surface area contributed by atoms with Crippen LogP contribution in [0.15, 0.2) is 24.3 Å². The summed E-state index contributed by atoms with van der Waals surface area (Å²) in [6.45, 7) is 5.03. The largest absolute Gasteiger partial charge is 0.465 e. The van der Waals surface area contributed by atoms with Crippen LogP contribution in [-0.2, 0) is 22.4 Å². The van der Waals surface area contributed by atoms with Crippen molar-refractivity contribution < 1.29 is 19.1 Å². The molecule has 1 fully saturated rings. The van der Waals surface area contributed by atoms with Gasteiger partial charge in [0.2, 0.25) is 5.91 Å². The fraction of sp³-hybridized carbons (Fsp3) is 0.458. The average Bonchev–Trinajstić information content (AvgIpc) is 3.16. The van der Waals surface area contributed by atoms with Crippen molar-refractivity contribution in [3.05, 3.63) is 45.8 Å². The van der Waals surface area contributed by atoms with Crippen molar-refractivity contribution in [1.82, 2.24) is 4.90 Å². The zero-order valence-corrected chi connectivity index (χ0v) is 19.4. The number of benzene rings is 1. The normalized spacial score (nSPS) is 16.4. The molecular weight excluding hydrogens is 426 g/mol. The number of piperazine rings is 1. The van der Waals surface area contributed by atoms with Gasteiger partial charge in [0.1, 0.15) is 5.00 Å². The maximum absolute atomic E-state index is 12.8. The Morgan fingerprint density at radius 2 is 1.72 bits per heavy atom. The van der Waals surface area contributed by atoms with E-state index < -0.39 is 0 Å². The molecule has 1 aromatic heterocycles. The fourth-order valence-electron chi connectivity index (χ4n) is 4.41. The van der Waals surface area contributed by atoms with Crippen molar-refractivity contribution in [1.29, 1.82) is 0 Å². The molecule has 1 aromatic carbocycles. The number of methoxy groups -OCH3 is 1. The van der Waals surface area contributed by atoms with Gasteiger partial charge in [-0.3, -0.25) is 14.5 Å². The summed E-state index contributed by atoms with van der Waals surface area (Å²) in [5, 5.41) is 3.60. The average molecular weight is 456 g/mol. The lowest BCUT2D eigenvalue weighted by atomic mass is 9.95. The number of carbonyl (C=O) groups excluding carboxylic acids is 3. The number of ketones is 1. The van der Waals surface area contributed by atoms with Crippen LogP contribution in [-0.4, -0.2) is 62.4 Å². The molecule has 2 aliphatic rings. The van der Waals surface area contributed by atoms with Gasteiger partial charge >= 0.3 is 5.97 Å². The minimum atomic E-state index is -0.371. The summed E-state index contributed by atoms with van der Waals surface area (Å²) in [7, 11) is 1.38. The third kappa shape index (κ3) is 4.86. The second-order valence-corrected chi connectivity index (χ2v) is 9.43. The molecule has 4 rings (SSSR count). The van der Waals surface area contributed by atoms with E-state index in [0.717, 1.165) is 63.1 Å². The Hall–Kier alpha value is -2.71. The number of Topliss-reactive ketones (excluding diaryl/α,β-unsaturated/α-hetero) is 1. The number of nitrogens with one attached hydrogen (secondary N) is 1. The number of thiophene rings is 1. The molecule has 0 spiro atoms. The lowest BCUT2D eigenvalue weighted by Gasteiger charge is -2.35. The van der Waals surface area contributed by atoms with Crippen LogP contribution in [0.4, 0.5) is 10.7 Å². The van der Waals surface area contributed by atoms with Gasteiger partial charge in [-0.15, -0.1) is 11.3 Å². The predicted octanol–water partition coefficient (Wildman–Crippen LogP) is 3.38. The van der Waals surface area contributed by atoms with E-state index in [1.807, 2.05) is 24.3 Å². The molecule has 7 nitrogen and oxygen atoms in total. The third-order valence-corrected chi connectivity index (χ3v) is 7.40. The van der Waals surface area contributed by atoms with Crippen LogP contribution in [0.3, 0.4) is 0 Å². The molecule has 2 aromatic rings. The Morgan fingerprint density at radius 1 is 1.03 bits per heavy atom. The first-order chi connectivity index (χ1) is 15.5. The number of esters is 1. The summed E-state index contributed by atoms with van der Waals surface area (Å²) in [4.78, 5) is 42.2. The van der Waals surface area contributed by atoms with E-state index in [2.05, 4.69) is 15.1 Å². The number of aryl methyl sites for hydroxylation is 1. The lowest BCUT2D eigenvalue weighted by molar-refractivity contribution is -0.117. The minimum absolute atomic E-state index is 0.0642. The van der Waals surface area contributed by atoms with Crippen molar-refractivity contribution in [3.8, 4) is 0 Å². The van der Waals surface area contributed by atoms with E-state index in [1.165, 1.54) is 23.3 Å². The second-order valence-electron chi connectivity index (χ2n) is 8.32. The van der Waals surface area contributed by atoms with Gasteiger partial charge in [-0.1, -0.05) is 0 Å². The molecule has 32 heavy (non-hydrogen) atoms. The molecule has 2 heterocycles. The molecule has 0 unspecified atom stereocenters. The highest BCUT2D eigenvalue weighted by Gasteiger charge is 2.27. The first kappa shape index (κ1) is 22.5. The van der Waals surface area contributed by atoms with Gasteiger partial charge in [-0.2, -0.15) is 0 Å². The van der Waals surface area contributed by atoms with Crippen molar-refractivity contribution >= 4 is 39.7 Å². The topological polar surface area (TPSA) is 79.0 Å². The molecule has 170 valence electrons. The van der Waals surface area contributed by atoms with Crippen molar-refractivity contribution in [2.75, 3.05) is 50.1 Å². The van der Waals surface area contributed by atoms with Crippen molar-refractivity contribution in [2.45, 2.75) is 32.6 Å². The van der Waals surface area contributed by atoms with Crippen molar-refractivity contribution in [3.63, 3.8) is 0 Å². The second kappa shape index (κ2) is 9.83. The van der Waals surface area contributed by atoms with Crippen LogP contribution >= 0.6 is 11.3 Å². The summed E-state index contributed by atoms with van der Waals surface area (Å²) in [5.74, 6) is -0.411. The Kier molecular flexibility index (Phi) is 6.91. The molecule has 1 aliphatic heterocycles. The van der Waals surface area contributed by atoms with Gasteiger partial charge < -0.3 is 15.0 Å². The minimum Gasteiger partial charge on any atom is -0.465 e. The molecule has 0 radical (unpaired) electrons.